The lowest BCUT2D eigenvalue weighted by Crippen LogP contribution is -2.44. The summed E-state index contributed by atoms with van der Waals surface area (Å²) in [5.41, 5.74) is 2.07. The zero-order chi connectivity index (χ0) is 18.7. The first-order chi connectivity index (χ1) is 12.5. The first-order valence-electron chi connectivity index (χ1n) is 8.44. The van der Waals surface area contributed by atoms with Gasteiger partial charge in [0.1, 0.15) is 5.82 Å². The van der Waals surface area contributed by atoms with Gasteiger partial charge in [-0.15, -0.1) is 0 Å². The topological polar surface area (TPSA) is 58.6 Å². The van der Waals surface area contributed by atoms with Crippen LogP contribution >= 0.6 is 0 Å². The van der Waals surface area contributed by atoms with E-state index in [2.05, 4.69) is 5.32 Å². The lowest BCUT2D eigenvalue weighted by atomic mass is 9.98. The summed E-state index contributed by atoms with van der Waals surface area (Å²) in [6, 6.07) is 13.2. The van der Waals surface area contributed by atoms with Gasteiger partial charge in [-0.3, -0.25) is 4.79 Å². The van der Waals surface area contributed by atoms with E-state index in [1.165, 1.54) is 12.1 Å². The summed E-state index contributed by atoms with van der Waals surface area (Å²) in [7, 11) is 3.72. The van der Waals surface area contributed by atoms with Crippen LogP contribution in [0.2, 0.25) is 0 Å². The highest BCUT2D eigenvalue weighted by Gasteiger charge is 2.31. The van der Waals surface area contributed by atoms with Crippen molar-refractivity contribution in [3.05, 3.63) is 71.0 Å². The van der Waals surface area contributed by atoms with E-state index >= 15 is 0 Å². The molecule has 0 aliphatic carbocycles. The van der Waals surface area contributed by atoms with Crippen molar-refractivity contribution in [2.45, 2.75) is 18.6 Å². The van der Waals surface area contributed by atoms with Crippen LogP contribution in [0.5, 0.6) is 0 Å². The number of carbonyl (C=O) groups excluding carboxylic acids is 2. The number of halogens is 1. The average Bonchev–Trinajstić information content (AvgIpc) is 2.61. The lowest BCUT2D eigenvalue weighted by Gasteiger charge is -2.27. The maximum atomic E-state index is 13.5. The molecule has 0 radical (unpaired) electrons. The minimum atomic E-state index is -0.854. The number of rotatable bonds is 5. The van der Waals surface area contributed by atoms with Crippen LogP contribution in [0.25, 0.3) is 0 Å². The highest BCUT2D eigenvalue weighted by atomic mass is 19.1. The molecule has 3 rings (SSSR count). The van der Waals surface area contributed by atoms with Crippen LogP contribution in [0.4, 0.5) is 4.39 Å². The van der Waals surface area contributed by atoms with E-state index in [-0.39, 0.29) is 24.3 Å². The molecule has 0 fully saturated rings. The number of amides is 1. The van der Waals surface area contributed by atoms with E-state index in [0.29, 0.717) is 12.0 Å². The number of esters is 1. The average molecular weight is 356 g/mol. The Morgan fingerprint density at radius 1 is 1.27 bits per heavy atom. The van der Waals surface area contributed by atoms with Crippen molar-refractivity contribution in [1.29, 1.82) is 0 Å². The van der Waals surface area contributed by atoms with Crippen LogP contribution in [0.3, 0.4) is 0 Å². The Balaban J connectivity index is 1.67. The third-order valence-electron chi connectivity index (χ3n) is 4.51. The first kappa shape index (κ1) is 18.1. The number of hydrogen-bond acceptors (Lipinski definition) is 4. The van der Waals surface area contributed by atoms with Gasteiger partial charge in [-0.05, 0) is 43.4 Å². The fourth-order valence-corrected chi connectivity index (χ4v) is 3.10. The Morgan fingerprint density at radius 2 is 2.04 bits per heavy atom. The molecule has 2 atom stereocenters. The van der Waals surface area contributed by atoms with E-state index in [1.807, 2.05) is 37.2 Å². The second kappa shape index (κ2) is 7.66. The number of likely N-dealkylation sites (N-methyl/N-ethyl adjacent to an activating group) is 1. The molecule has 1 aliphatic rings. The molecule has 0 unspecified atom stereocenters. The Kier molecular flexibility index (Phi) is 5.32. The van der Waals surface area contributed by atoms with Crippen LogP contribution in [0.1, 0.15) is 27.5 Å². The molecule has 1 N–H and O–H groups in total. The van der Waals surface area contributed by atoms with Gasteiger partial charge in [0.15, 0.2) is 6.10 Å². The molecule has 2 aromatic carbocycles. The molecule has 0 spiro atoms. The van der Waals surface area contributed by atoms with Crippen molar-refractivity contribution >= 4 is 11.9 Å². The summed E-state index contributed by atoms with van der Waals surface area (Å²) < 4.78 is 18.8. The zero-order valence-electron chi connectivity index (χ0n) is 14.7. The molecule has 6 heteroatoms. The SMILES string of the molecule is CN(C)[C@@H](CNC(=O)[C@@H]1Cc2ccccc2C(=O)O1)c1cccc(F)c1. The first-order valence-corrected chi connectivity index (χ1v) is 8.44. The smallest absolute Gasteiger partial charge is 0.339 e. The molecule has 136 valence electrons. The largest absolute Gasteiger partial charge is 0.448 e. The fourth-order valence-electron chi connectivity index (χ4n) is 3.10. The van der Waals surface area contributed by atoms with Crippen molar-refractivity contribution in [3.63, 3.8) is 0 Å². The molecule has 0 saturated heterocycles. The molecule has 5 nitrogen and oxygen atoms in total. The minimum absolute atomic E-state index is 0.193. The Hall–Kier alpha value is -2.73. The Bertz CT molecular complexity index is 822. The molecule has 0 saturated carbocycles. The van der Waals surface area contributed by atoms with Gasteiger partial charge in [-0.1, -0.05) is 30.3 Å². The quantitative estimate of drug-likeness (QED) is 0.836. The molecule has 0 bridgehead atoms. The number of fused-ring (bicyclic) bond motifs is 1. The van der Waals surface area contributed by atoms with Crippen LogP contribution in [-0.4, -0.2) is 43.5 Å². The van der Waals surface area contributed by atoms with Crippen LogP contribution in [0, 0.1) is 5.82 Å². The van der Waals surface area contributed by atoms with E-state index in [4.69, 9.17) is 4.74 Å². The fraction of sp³-hybridized carbons (Fsp3) is 0.300. The summed E-state index contributed by atoms with van der Waals surface area (Å²) in [5.74, 6) is -1.16. The monoisotopic (exact) mass is 356 g/mol. The highest BCUT2D eigenvalue weighted by molar-refractivity contribution is 5.95. The third kappa shape index (κ3) is 3.91. The van der Waals surface area contributed by atoms with E-state index in [9.17, 15) is 14.0 Å². The lowest BCUT2D eigenvalue weighted by molar-refractivity contribution is -0.130. The molecule has 1 amide bonds. The van der Waals surface area contributed by atoms with Crippen LogP contribution in [-0.2, 0) is 16.0 Å². The molecule has 1 heterocycles. The maximum absolute atomic E-state index is 13.5. The van der Waals surface area contributed by atoms with Crippen molar-refractivity contribution < 1.29 is 18.7 Å². The van der Waals surface area contributed by atoms with Gasteiger partial charge in [-0.25, -0.2) is 9.18 Å². The number of benzene rings is 2. The predicted octanol–water partition coefficient (Wildman–Crippen LogP) is 2.33. The normalized spacial score (nSPS) is 17.4. The van der Waals surface area contributed by atoms with Gasteiger partial charge >= 0.3 is 5.97 Å². The van der Waals surface area contributed by atoms with E-state index in [1.54, 1.807) is 18.2 Å². The van der Waals surface area contributed by atoms with Crippen LogP contribution in [0.15, 0.2) is 48.5 Å². The van der Waals surface area contributed by atoms with Gasteiger partial charge in [0.2, 0.25) is 0 Å². The van der Waals surface area contributed by atoms with Gasteiger partial charge in [-0.2, -0.15) is 0 Å². The second-order valence-electron chi connectivity index (χ2n) is 6.53. The third-order valence-corrected chi connectivity index (χ3v) is 4.51. The summed E-state index contributed by atoms with van der Waals surface area (Å²) in [5, 5.41) is 2.82. The van der Waals surface area contributed by atoms with E-state index < -0.39 is 12.1 Å². The van der Waals surface area contributed by atoms with Crippen molar-refractivity contribution in [1.82, 2.24) is 10.2 Å². The van der Waals surface area contributed by atoms with Crippen LogP contribution < -0.4 is 5.32 Å². The molecule has 1 aliphatic heterocycles. The standard InChI is InChI=1S/C20H21FN2O3/c1-23(2)17(14-7-5-8-15(21)10-14)12-22-19(24)18-11-13-6-3-4-9-16(13)20(25)26-18/h3-10,17-18H,11-12H2,1-2H3,(H,22,24)/t17-,18-/m0/s1. The molecule has 0 aromatic heterocycles. The second-order valence-corrected chi connectivity index (χ2v) is 6.53. The highest BCUT2D eigenvalue weighted by Crippen LogP contribution is 2.21. The number of hydrogen-bond donors (Lipinski definition) is 1. The summed E-state index contributed by atoms with van der Waals surface area (Å²) in [6.07, 6.45) is -0.506. The van der Waals surface area contributed by atoms with E-state index in [0.717, 1.165) is 11.1 Å². The van der Waals surface area contributed by atoms with Crippen molar-refractivity contribution in [2.24, 2.45) is 0 Å². The summed E-state index contributed by atoms with van der Waals surface area (Å²) >= 11 is 0. The van der Waals surface area contributed by atoms with Crippen molar-refractivity contribution in [2.75, 3.05) is 20.6 Å². The Labute approximate surface area is 151 Å². The predicted molar refractivity (Wildman–Crippen MR) is 95.2 cm³/mol. The van der Waals surface area contributed by atoms with Gasteiger partial charge < -0.3 is 15.0 Å². The summed E-state index contributed by atoms with van der Waals surface area (Å²) in [4.78, 5) is 26.5. The number of ether oxygens (including phenoxy) is 1. The number of nitrogens with zero attached hydrogens (tertiary/aromatic N) is 1. The maximum Gasteiger partial charge on any atom is 0.339 e. The van der Waals surface area contributed by atoms with Gasteiger partial charge in [0, 0.05) is 13.0 Å². The van der Waals surface area contributed by atoms with Gasteiger partial charge in [0.05, 0.1) is 11.6 Å². The number of cyclic esters (lactones) is 1. The summed E-state index contributed by atoms with van der Waals surface area (Å²) in [6.45, 7) is 0.283. The zero-order valence-corrected chi connectivity index (χ0v) is 14.7. The van der Waals surface area contributed by atoms with Gasteiger partial charge in [0.25, 0.3) is 5.91 Å². The Morgan fingerprint density at radius 3 is 2.77 bits per heavy atom. The minimum Gasteiger partial charge on any atom is -0.448 e. The molecule has 2 aromatic rings. The molecule has 26 heavy (non-hydrogen) atoms. The molecular weight excluding hydrogens is 335 g/mol. The number of carbonyl (C=O) groups is 2. The molecular formula is C20H21FN2O3. The van der Waals surface area contributed by atoms with Crippen molar-refractivity contribution in [3.8, 4) is 0 Å². The number of nitrogens with one attached hydrogen (secondary N) is 1.